The standard InChI is InChI=1S/C37H60NO4.CH4O4S/c1-32(2)28-12-15-37(7)30(35(28,5)14-13-29(32)40)27(39)21-25-26-22-34(4,17-16-33(26,3)18-19-36(25,37)6)31(41)42-23-24-11-10-20-38(24,8)9;1-5-6(2,3)4/h21,24,26,28-30,40H,10-20,22-23H2,1-9H3;1H3,(H,2,3,4)/q+1;/p-1. The number of quaternary nitrogens is 1. The van der Waals surface area contributed by atoms with Gasteiger partial charge in [-0.15, -0.1) is 0 Å². The van der Waals surface area contributed by atoms with Crippen LogP contribution in [0, 0.1) is 50.2 Å². The number of nitrogens with zero attached hydrogens (tertiary/aromatic N) is 1. The average Bonchev–Trinajstić information content (AvgIpc) is 3.33. The second kappa shape index (κ2) is 12.1. The van der Waals surface area contributed by atoms with E-state index in [1.54, 1.807) is 0 Å². The van der Waals surface area contributed by atoms with Crippen LogP contribution >= 0.6 is 0 Å². The fourth-order valence-electron chi connectivity index (χ4n) is 12.3. The third-order valence-electron chi connectivity index (χ3n) is 15.9. The van der Waals surface area contributed by atoms with Crippen molar-refractivity contribution in [3.05, 3.63) is 11.6 Å². The topological polar surface area (TPSA) is 130 Å². The normalized spacial score (nSPS) is 46.0. The number of ketones is 1. The maximum atomic E-state index is 14.5. The molecule has 9 nitrogen and oxygen atoms in total. The lowest BCUT2D eigenvalue weighted by molar-refractivity contribution is -0.902. The second-order valence-corrected chi connectivity index (χ2v) is 20.3. The van der Waals surface area contributed by atoms with Crippen molar-refractivity contribution in [1.29, 1.82) is 0 Å². The van der Waals surface area contributed by atoms with E-state index < -0.39 is 15.8 Å². The molecule has 10 heteroatoms. The van der Waals surface area contributed by atoms with Crippen molar-refractivity contribution in [2.24, 2.45) is 50.2 Å². The monoisotopic (exact) mass is 693 g/mol. The molecule has 1 aliphatic heterocycles. The van der Waals surface area contributed by atoms with E-state index in [1.165, 1.54) is 12.0 Å². The van der Waals surface area contributed by atoms with Crippen molar-refractivity contribution >= 4 is 22.2 Å². The molecule has 48 heavy (non-hydrogen) atoms. The lowest BCUT2D eigenvalue weighted by Crippen LogP contribution is -2.66. The van der Waals surface area contributed by atoms with E-state index in [9.17, 15) is 27.7 Å². The molecule has 274 valence electrons. The molecule has 0 aromatic carbocycles. The van der Waals surface area contributed by atoms with Gasteiger partial charge in [-0.05, 0) is 110 Å². The second-order valence-electron chi connectivity index (χ2n) is 19.1. The molecule has 5 fully saturated rings. The molecule has 1 heterocycles. The molecule has 0 spiro atoms. The average molecular weight is 694 g/mol. The molecule has 6 aliphatic rings. The Morgan fingerprint density at radius 2 is 1.60 bits per heavy atom. The Balaban J connectivity index is 0.000000689. The number of fused-ring (bicyclic) bond motifs is 7. The maximum absolute atomic E-state index is 14.5. The van der Waals surface area contributed by atoms with Gasteiger partial charge < -0.3 is 18.9 Å². The van der Waals surface area contributed by atoms with Crippen LogP contribution in [0.4, 0.5) is 0 Å². The summed E-state index contributed by atoms with van der Waals surface area (Å²) in [7, 11) is 0.909. The number of aliphatic hydroxyl groups excluding tert-OH is 1. The van der Waals surface area contributed by atoms with E-state index >= 15 is 0 Å². The molecule has 0 bridgehead atoms. The first-order chi connectivity index (χ1) is 21.9. The highest BCUT2D eigenvalue weighted by Gasteiger charge is 2.70. The van der Waals surface area contributed by atoms with Gasteiger partial charge in [0.1, 0.15) is 12.6 Å². The van der Waals surface area contributed by atoms with E-state index in [0.717, 1.165) is 82.3 Å². The number of allylic oxidation sites excluding steroid dienone is 2. The summed E-state index contributed by atoms with van der Waals surface area (Å²) >= 11 is 0. The minimum Gasteiger partial charge on any atom is -0.726 e. The molecule has 1 saturated heterocycles. The van der Waals surface area contributed by atoms with Gasteiger partial charge in [0, 0.05) is 18.8 Å². The molecule has 4 saturated carbocycles. The summed E-state index contributed by atoms with van der Waals surface area (Å²) in [5.41, 5.74) is 0.518. The Morgan fingerprint density at radius 3 is 2.19 bits per heavy atom. The van der Waals surface area contributed by atoms with Gasteiger partial charge in [0.25, 0.3) is 0 Å². The Bertz CT molecular complexity index is 1440. The largest absolute Gasteiger partial charge is 0.726 e. The number of likely N-dealkylation sites (tertiary alicyclic amines) is 1. The summed E-state index contributed by atoms with van der Waals surface area (Å²) in [6, 6.07) is 0.391. The van der Waals surface area contributed by atoms with Gasteiger partial charge in [-0.25, -0.2) is 8.42 Å². The number of rotatable bonds is 4. The predicted molar refractivity (Wildman–Crippen MR) is 183 cm³/mol. The van der Waals surface area contributed by atoms with E-state index in [1.807, 2.05) is 0 Å². The Hall–Kier alpha value is -1.33. The van der Waals surface area contributed by atoms with Crippen LogP contribution in [-0.4, -0.2) is 80.8 Å². The first-order valence-corrected chi connectivity index (χ1v) is 19.7. The first kappa shape index (κ1) is 37.9. The minimum absolute atomic E-state index is 0.0125. The molecule has 6 rings (SSSR count). The molecule has 10 unspecified atom stereocenters. The Labute approximate surface area is 290 Å². The SMILES string of the molecule is CC1(C(=O)OCC2CCC[N+]2(C)C)CCC2(C)CCC3(C)C(=CC(=O)C4C5(C)CCC(O)C(C)(C)C5CCC43C)C2C1.COS(=O)(=O)[O-]. The van der Waals surface area contributed by atoms with Crippen LogP contribution < -0.4 is 0 Å². The molecule has 0 aromatic heterocycles. The van der Waals surface area contributed by atoms with Crippen LogP contribution in [0.5, 0.6) is 0 Å². The fourth-order valence-corrected chi connectivity index (χ4v) is 12.3. The number of carbonyl (C=O) groups is 2. The van der Waals surface area contributed by atoms with Crippen LogP contribution in [0.15, 0.2) is 11.6 Å². The van der Waals surface area contributed by atoms with Gasteiger partial charge in [0.15, 0.2) is 5.78 Å². The van der Waals surface area contributed by atoms with E-state index in [0.29, 0.717) is 24.3 Å². The molecule has 0 aromatic rings. The smallest absolute Gasteiger partial charge is 0.312 e. The van der Waals surface area contributed by atoms with Crippen molar-refractivity contribution in [1.82, 2.24) is 0 Å². The predicted octanol–water partition coefficient (Wildman–Crippen LogP) is 6.20. The lowest BCUT2D eigenvalue weighted by Gasteiger charge is -2.70. The van der Waals surface area contributed by atoms with Crippen LogP contribution in [-0.2, 0) is 28.9 Å². The van der Waals surface area contributed by atoms with Crippen LogP contribution in [0.3, 0.4) is 0 Å². The van der Waals surface area contributed by atoms with Gasteiger partial charge in [-0.3, -0.25) is 13.8 Å². The summed E-state index contributed by atoms with van der Waals surface area (Å²) in [6.07, 6.45) is 12.9. The van der Waals surface area contributed by atoms with E-state index in [2.05, 4.69) is 72.8 Å². The highest BCUT2D eigenvalue weighted by Crippen LogP contribution is 2.75. The molecular formula is C38H63NO8S. The highest BCUT2D eigenvalue weighted by atomic mass is 32.3. The van der Waals surface area contributed by atoms with Crippen LogP contribution in [0.2, 0.25) is 0 Å². The van der Waals surface area contributed by atoms with Gasteiger partial charge >= 0.3 is 5.97 Å². The Kier molecular flexibility index (Phi) is 9.58. The van der Waals surface area contributed by atoms with Gasteiger partial charge in [0.2, 0.25) is 10.4 Å². The first-order valence-electron chi connectivity index (χ1n) is 18.4. The zero-order chi connectivity index (χ0) is 35.9. The Morgan fingerprint density at radius 1 is 0.979 bits per heavy atom. The summed E-state index contributed by atoms with van der Waals surface area (Å²) < 4.78 is 38.1. The van der Waals surface area contributed by atoms with Crippen LogP contribution in [0.25, 0.3) is 0 Å². The summed E-state index contributed by atoms with van der Waals surface area (Å²) in [6.45, 7) is 18.0. The summed E-state index contributed by atoms with van der Waals surface area (Å²) in [4.78, 5) is 28.3. The molecule has 1 N–H and O–H groups in total. The van der Waals surface area contributed by atoms with Gasteiger partial charge in [0.05, 0.1) is 39.3 Å². The lowest BCUT2D eigenvalue weighted by atomic mass is 9.33. The van der Waals surface area contributed by atoms with E-state index in [4.69, 9.17) is 4.74 Å². The van der Waals surface area contributed by atoms with Crippen molar-refractivity contribution in [3.63, 3.8) is 0 Å². The van der Waals surface area contributed by atoms with E-state index in [-0.39, 0.29) is 51.0 Å². The summed E-state index contributed by atoms with van der Waals surface area (Å²) in [5, 5.41) is 11.0. The zero-order valence-corrected chi connectivity index (χ0v) is 32.1. The fraction of sp³-hybridized carbons (Fsp3) is 0.895. The number of aliphatic hydroxyl groups is 1. The third kappa shape index (κ3) is 5.95. The van der Waals surface area contributed by atoms with Crippen molar-refractivity contribution in [2.75, 3.05) is 34.4 Å². The molecule has 0 amide bonds. The number of carbonyl (C=O) groups excluding carboxylic acids is 2. The number of ether oxygens (including phenoxy) is 1. The van der Waals surface area contributed by atoms with Gasteiger partial charge in [-0.1, -0.05) is 47.1 Å². The third-order valence-corrected chi connectivity index (χ3v) is 16.3. The van der Waals surface area contributed by atoms with Crippen LogP contribution in [0.1, 0.15) is 119 Å². The summed E-state index contributed by atoms with van der Waals surface area (Å²) in [5.74, 6) is 0.871. The zero-order valence-electron chi connectivity index (χ0n) is 31.3. The maximum Gasteiger partial charge on any atom is 0.312 e. The molecule has 10 atom stereocenters. The number of likely N-dealkylation sites (N-methyl/N-ethyl adjacent to an activating group) is 1. The quantitative estimate of drug-likeness (QED) is 0.159. The van der Waals surface area contributed by atoms with Crippen molar-refractivity contribution < 1.29 is 41.1 Å². The van der Waals surface area contributed by atoms with Gasteiger partial charge in [-0.2, -0.15) is 0 Å². The molecule has 0 radical (unpaired) electrons. The van der Waals surface area contributed by atoms with Crippen molar-refractivity contribution in [3.8, 4) is 0 Å². The van der Waals surface area contributed by atoms with Crippen molar-refractivity contribution in [2.45, 2.75) is 131 Å². The number of hydrogen-bond acceptors (Lipinski definition) is 8. The number of esters is 1. The minimum atomic E-state index is -4.41. The molecular weight excluding hydrogens is 630 g/mol. The number of hydrogen-bond donors (Lipinski definition) is 1. The molecule has 5 aliphatic carbocycles. The highest BCUT2D eigenvalue weighted by molar-refractivity contribution is 7.80.